The van der Waals surface area contributed by atoms with Crippen molar-refractivity contribution in [1.29, 1.82) is 0 Å². The molecule has 7 nitrogen and oxygen atoms in total. The lowest BCUT2D eigenvalue weighted by molar-refractivity contribution is -0.123. The van der Waals surface area contributed by atoms with E-state index in [9.17, 15) is 23.2 Å². The van der Waals surface area contributed by atoms with E-state index in [-0.39, 0.29) is 17.8 Å². The van der Waals surface area contributed by atoms with Gasteiger partial charge in [-0.15, -0.1) is 12.4 Å². The van der Waals surface area contributed by atoms with Crippen molar-refractivity contribution in [3.8, 4) is 0 Å². The van der Waals surface area contributed by atoms with Crippen LogP contribution in [0.15, 0.2) is 33.9 Å². The predicted octanol–water partition coefficient (Wildman–Crippen LogP) is -0.178. The third-order valence-electron chi connectivity index (χ3n) is 3.03. The van der Waals surface area contributed by atoms with Crippen molar-refractivity contribution in [1.82, 2.24) is 14.9 Å². The molecule has 2 rings (SSSR count). The van der Waals surface area contributed by atoms with Crippen LogP contribution in [-0.2, 0) is 11.3 Å². The second-order valence-corrected chi connectivity index (χ2v) is 4.70. The molecule has 23 heavy (non-hydrogen) atoms. The van der Waals surface area contributed by atoms with Crippen molar-refractivity contribution in [3.05, 3.63) is 45.1 Å². The second-order valence-electron chi connectivity index (χ2n) is 4.70. The fraction of sp³-hybridized carbons (Fsp3) is 0.308. The summed E-state index contributed by atoms with van der Waals surface area (Å²) in [5.74, 6) is -4.12. The number of fused-ring (bicyclic) bond motifs is 1. The Morgan fingerprint density at radius 3 is 2.61 bits per heavy atom. The van der Waals surface area contributed by atoms with Crippen molar-refractivity contribution >= 4 is 29.2 Å². The number of halogens is 3. The van der Waals surface area contributed by atoms with Gasteiger partial charge >= 0.3 is 5.69 Å². The summed E-state index contributed by atoms with van der Waals surface area (Å²) < 4.78 is 26.5. The minimum absolute atomic E-state index is 0. The zero-order valence-corrected chi connectivity index (χ0v) is 12.7. The number of carbonyl (C=O) groups is 1. The zero-order valence-electron chi connectivity index (χ0n) is 11.8. The van der Waals surface area contributed by atoms with E-state index in [0.717, 1.165) is 0 Å². The van der Waals surface area contributed by atoms with Gasteiger partial charge in [-0.25, -0.2) is 13.6 Å². The van der Waals surface area contributed by atoms with Crippen molar-refractivity contribution < 1.29 is 13.6 Å². The van der Waals surface area contributed by atoms with Gasteiger partial charge in [0.25, 0.3) is 11.5 Å². The molecule has 1 heterocycles. The Labute approximate surface area is 134 Å². The number of hydrogen-bond donors (Lipinski definition) is 3. The Bertz CT molecular complexity index is 819. The van der Waals surface area contributed by atoms with Crippen LogP contribution in [0.25, 0.3) is 10.9 Å². The highest BCUT2D eigenvalue weighted by molar-refractivity contribution is 5.85. The van der Waals surface area contributed by atoms with E-state index in [4.69, 9.17) is 5.73 Å². The standard InChI is InChI=1S/C13H14F2N4O3.ClH/c14-13(15,6-16)7-17-10(20)5-19-11(21)8-3-1-2-4-9(8)18-12(19)22;/h1-4H,5-7,16H2,(H,17,20)(H,18,22);1H. The molecule has 126 valence electrons. The van der Waals surface area contributed by atoms with Crippen LogP contribution in [0.4, 0.5) is 8.78 Å². The first-order chi connectivity index (χ1) is 10.3. The van der Waals surface area contributed by atoms with Crippen LogP contribution >= 0.6 is 12.4 Å². The molecule has 1 aromatic carbocycles. The summed E-state index contributed by atoms with van der Waals surface area (Å²) in [6.45, 7) is -2.52. The summed E-state index contributed by atoms with van der Waals surface area (Å²) in [6.07, 6.45) is 0. The maximum Gasteiger partial charge on any atom is 0.329 e. The fourth-order valence-corrected chi connectivity index (χ4v) is 1.84. The maximum atomic E-state index is 12.9. The quantitative estimate of drug-likeness (QED) is 0.696. The van der Waals surface area contributed by atoms with Crippen LogP contribution in [0, 0.1) is 0 Å². The van der Waals surface area contributed by atoms with Crippen molar-refractivity contribution in [3.63, 3.8) is 0 Å². The van der Waals surface area contributed by atoms with Gasteiger partial charge in [-0.2, -0.15) is 0 Å². The second kappa shape index (κ2) is 7.34. The average molecular weight is 349 g/mol. The molecule has 0 saturated heterocycles. The number of nitrogens with one attached hydrogen (secondary N) is 2. The normalized spacial score (nSPS) is 11.1. The molecule has 4 N–H and O–H groups in total. The average Bonchev–Trinajstić information content (AvgIpc) is 2.49. The lowest BCUT2D eigenvalue weighted by atomic mass is 10.2. The molecular weight excluding hydrogens is 334 g/mol. The van der Waals surface area contributed by atoms with Crippen molar-refractivity contribution in [2.75, 3.05) is 13.1 Å². The molecule has 0 spiro atoms. The minimum atomic E-state index is -3.24. The van der Waals surface area contributed by atoms with E-state index >= 15 is 0 Å². The number of para-hydroxylation sites is 1. The number of aromatic amines is 1. The molecule has 0 radical (unpaired) electrons. The lowest BCUT2D eigenvalue weighted by Crippen LogP contribution is -2.45. The monoisotopic (exact) mass is 348 g/mol. The number of H-pyrrole nitrogens is 1. The predicted molar refractivity (Wildman–Crippen MR) is 83.1 cm³/mol. The van der Waals surface area contributed by atoms with Gasteiger partial charge in [-0.05, 0) is 12.1 Å². The molecule has 2 aromatic rings. The molecule has 0 aliphatic heterocycles. The number of aromatic nitrogens is 2. The molecule has 0 unspecified atom stereocenters. The topological polar surface area (TPSA) is 110 Å². The van der Waals surface area contributed by atoms with Crippen molar-refractivity contribution in [2.45, 2.75) is 12.5 Å². The smallest absolute Gasteiger partial charge is 0.329 e. The highest BCUT2D eigenvalue weighted by Crippen LogP contribution is 2.08. The number of benzene rings is 1. The molecule has 0 atom stereocenters. The van der Waals surface area contributed by atoms with Crippen LogP contribution in [0.2, 0.25) is 0 Å². The van der Waals surface area contributed by atoms with Crippen LogP contribution in [-0.4, -0.2) is 34.5 Å². The molecule has 1 aromatic heterocycles. The zero-order chi connectivity index (χ0) is 16.3. The number of carbonyl (C=O) groups excluding carboxylic acids is 1. The van der Waals surface area contributed by atoms with E-state index in [2.05, 4.69) is 4.98 Å². The third-order valence-corrected chi connectivity index (χ3v) is 3.03. The SMILES string of the molecule is Cl.NCC(F)(F)CNC(=O)Cn1c(=O)[nH]c2ccccc2c1=O. The maximum absolute atomic E-state index is 12.9. The van der Waals surface area contributed by atoms with Crippen molar-refractivity contribution in [2.24, 2.45) is 5.73 Å². The number of nitrogens with zero attached hydrogens (tertiary/aromatic N) is 1. The van der Waals surface area contributed by atoms with E-state index in [1.807, 2.05) is 5.32 Å². The summed E-state index contributed by atoms with van der Waals surface area (Å²) in [4.78, 5) is 38.0. The van der Waals surface area contributed by atoms with Crippen LogP contribution in [0.3, 0.4) is 0 Å². The molecule has 0 aliphatic carbocycles. The first-order valence-corrected chi connectivity index (χ1v) is 6.40. The van der Waals surface area contributed by atoms with Gasteiger partial charge in [-0.3, -0.25) is 14.2 Å². The molecule has 10 heteroatoms. The molecule has 0 aliphatic rings. The molecule has 0 bridgehead atoms. The Balaban J connectivity index is 0.00000264. The van der Waals surface area contributed by atoms with Gasteiger partial charge in [0.05, 0.1) is 24.0 Å². The third kappa shape index (κ3) is 4.36. The van der Waals surface area contributed by atoms with Crippen LogP contribution in [0.1, 0.15) is 0 Å². The number of hydrogen-bond acceptors (Lipinski definition) is 4. The highest BCUT2D eigenvalue weighted by atomic mass is 35.5. The lowest BCUT2D eigenvalue weighted by Gasteiger charge is -2.14. The number of rotatable bonds is 5. The van der Waals surface area contributed by atoms with Gasteiger partial charge < -0.3 is 16.0 Å². The van der Waals surface area contributed by atoms with E-state index in [1.165, 1.54) is 6.07 Å². The summed E-state index contributed by atoms with van der Waals surface area (Å²) in [5.41, 5.74) is 3.73. The van der Waals surface area contributed by atoms with Gasteiger partial charge in [0.15, 0.2) is 0 Å². The molecule has 1 amide bonds. The molecule has 0 saturated carbocycles. The Hall–Kier alpha value is -2.26. The van der Waals surface area contributed by atoms with Gasteiger partial charge in [0, 0.05) is 0 Å². The number of amides is 1. The van der Waals surface area contributed by atoms with E-state index in [0.29, 0.717) is 10.1 Å². The number of nitrogens with two attached hydrogens (primary N) is 1. The Morgan fingerprint density at radius 2 is 1.96 bits per heavy atom. The molecule has 0 fully saturated rings. The highest BCUT2D eigenvalue weighted by Gasteiger charge is 2.27. The van der Waals surface area contributed by atoms with E-state index in [1.54, 1.807) is 18.2 Å². The van der Waals surface area contributed by atoms with Gasteiger partial charge in [-0.1, -0.05) is 12.1 Å². The van der Waals surface area contributed by atoms with Gasteiger partial charge in [0.2, 0.25) is 5.91 Å². The Kier molecular flexibility index (Phi) is 5.99. The Morgan fingerprint density at radius 1 is 1.30 bits per heavy atom. The number of alkyl halides is 2. The largest absolute Gasteiger partial charge is 0.348 e. The first kappa shape index (κ1) is 18.8. The fourth-order valence-electron chi connectivity index (χ4n) is 1.84. The molecular formula is C13H15ClF2N4O3. The summed E-state index contributed by atoms with van der Waals surface area (Å²) >= 11 is 0. The minimum Gasteiger partial charge on any atom is -0.348 e. The van der Waals surface area contributed by atoms with Crippen LogP contribution in [0.5, 0.6) is 0 Å². The summed E-state index contributed by atoms with van der Waals surface area (Å²) in [7, 11) is 0. The summed E-state index contributed by atoms with van der Waals surface area (Å²) in [6, 6.07) is 6.28. The van der Waals surface area contributed by atoms with Crippen LogP contribution < -0.4 is 22.3 Å². The van der Waals surface area contributed by atoms with E-state index < -0.39 is 42.7 Å². The summed E-state index contributed by atoms with van der Waals surface area (Å²) in [5, 5.41) is 2.17. The van der Waals surface area contributed by atoms with Gasteiger partial charge in [0.1, 0.15) is 6.54 Å². The first-order valence-electron chi connectivity index (χ1n) is 6.40.